The normalized spacial score (nSPS) is 18.5. The van der Waals surface area contributed by atoms with Crippen molar-refractivity contribution in [1.82, 2.24) is 15.1 Å². The van der Waals surface area contributed by atoms with Crippen LogP contribution in [0.2, 0.25) is 0 Å². The van der Waals surface area contributed by atoms with Crippen LogP contribution in [0, 0.1) is 5.82 Å². The molecule has 2 heterocycles. The summed E-state index contributed by atoms with van der Waals surface area (Å²) < 4.78 is 18.6. The molecular formula is C13H13FN4O2S. The zero-order chi connectivity index (χ0) is 14.7. The van der Waals surface area contributed by atoms with E-state index in [1.54, 1.807) is 22.5 Å². The van der Waals surface area contributed by atoms with Gasteiger partial charge in [-0.15, -0.1) is 10.2 Å². The van der Waals surface area contributed by atoms with Gasteiger partial charge in [-0.05, 0) is 17.7 Å². The third-order valence-electron chi connectivity index (χ3n) is 3.17. The summed E-state index contributed by atoms with van der Waals surface area (Å²) in [7, 11) is 0. The topological polar surface area (TPSA) is 67.4 Å². The third kappa shape index (κ3) is 3.34. The Morgan fingerprint density at radius 3 is 2.95 bits per heavy atom. The fourth-order valence-electron chi connectivity index (χ4n) is 2.11. The Morgan fingerprint density at radius 1 is 1.43 bits per heavy atom. The van der Waals surface area contributed by atoms with Crippen LogP contribution < -0.4 is 5.32 Å². The molecule has 0 radical (unpaired) electrons. The molecule has 1 atom stereocenters. The quantitative estimate of drug-likeness (QED) is 0.924. The Kier molecular flexibility index (Phi) is 4.07. The highest BCUT2D eigenvalue weighted by molar-refractivity contribution is 7.13. The summed E-state index contributed by atoms with van der Waals surface area (Å²) in [5.74, 6) is -0.291. The molecule has 110 valence electrons. The Morgan fingerprint density at radius 2 is 2.24 bits per heavy atom. The number of anilines is 1. The molecule has 0 aliphatic carbocycles. The lowest BCUT2D eigenvalue weighted by molar-refractivity contribution is -0.0135. The molecule has 1 saturated heterocycles. The van der Waals surface area contributed by atoms with Crippen LogP contribution in [0.15, 0.2) is 29.8 Å². The number of ether oxygens (including phenoxy) is 1. The van der Waals surface area contributed by atoms with Crippen molar-refractivity contribution in [2.75, 3.05) is 25.0 Å². The van der Waals surface area contributed by atoms with Crippen molar-refractivity contribution < 1.29 is 13.9 Å². The zero-order valence-corrected chi connectivity index (χ0v) is 11.8. The number of hydrogen-bond donors (Lipinski definition) is 1. The van der Waals surface area contributed by atoms with Crippen molar-refractivity contribution in [3.05, 3.63) is 41.2 Å². The van der Waals surface area contributed by atoms with Crippen LogP contribution in [0.1, 0.15) is 11.7 Å². The molecule has 21 heavy (non-hydrogen) atoms. The second-order valence-electron chi connectivity index (χ2n) is 4.53. The van der Waals surface area contributed by atoms with E-state index in [-0.39, 0.29) is 18.0 Å². The summed E-state index contributed by atoms with van der Waals surface area (Å²) in [6.45, 7) is 1.35. The van der Waals surface area contributed by atoms with Crippen LogP contribution >= 0.6 is 11.3 Å². The van der Waals surface area contributed by atoms with E-state index in [0.29, 0.717) is 24.8 Å². The van der Waals surface area contributed by atoms with Crippen molar-refractivity contribution in [3.8, 4) is 0 Å². The SMILES string of the molecule is O=C(Nc1nncs1)N1CCO[C@H](c2ccc(F)cc2)C1. The second kappa shape index (κ2) is 6.15. The lowest BCUT2D eigenvalue weighted by Crippen LogP contribution is -2.44. The van der Waals surface area contributed by atoms with Gasteiger partial charge in [0.25, 0.3) is 0 Å². The predicted molar refractivity (Wildman–Crippen MR) is 75.6 cm³/mol. The van der Waals surface area contributed by atoms with Crippen LogP contribution in [0.5, 0.6) is 0 Å². The molecule has 2 amide bonds. The molecule has 0 saturated carbocycles. The average Bonchev–Trinajstić information content (AvgIpc) is 3.01. The Bertz CT molecular complexity index is 605. The molecule has 2 aromatic rings. The number of rotatable bonds is 2. The summed E-state index contributed by atoms with van der Waals surface area (Å²) in [5, 5.41) is 10.6. The van der Waals surface area contributed by atoms with Crippen molar-refractivity contribution in [2.45, 2.75) is 6.10 Å². The molecule has 6 nitrogen and oxygen atoms in total. The maximum Gasteiger partial charge on any atom is 0.323 e. The van der Waals surface area contributed by atoms with Gasteiger partial charge in [-0.3, -0.25) is 5.32 Å². The maximum absolute atomic E-state index is 12.9. The van der Waals surface area contributed by atoms with Gasteiger partial charge < -0.3 is 9.64 Å². The third-order valence-corrected chi connectivity index (χ3v) is 3.78. The molecule has 0 bridgehead atoms. The molecule has 0 unspecified atom stereocenters. The summed E-state index contributed by atoms with van der Waals surface area (Å²) in [6.07, 6.45) is -0.250. The fraction of sp³-hybridized carbons (Fsp3) is 0.308. The molecule has 1 fully saturated rings. The van der Waals surface area contributed by atoms with Gasteiger partial charge in [-0.2, -0.15) is 0 Å². The molecule has 3 rings (SSSR count). The van der Waals surface area contributed by atoms with E-state index in [9.17, 15) is 9.18 Å². The first kappa shape index (κ1) is 13.9. The number of aromatic nitrogens is 2. The number of halogens is 1. The van der Waals surface area contributed by atoms with Crippen molar-refractivity contribution in [1.29, 1.82) is 0 Å². The van der Waals surface area contributed by atoms with Gasteiger partial charge in [-0.25, -0.2) is 9.18 Å². The van der Waals surface area contributed by atoms with Gasteiger partial charge >= 0.3 is 6.03 Å². The van der Waals surface area contributed by atoms with Crippen LogP contribution in [0.4, 0.5) is 14.3 Å². The van der Waals surface area contributed by atoms with Crippen LogP contribution in [-0.4, -0.2) is 40.8 Å². The smallest absolute Gasteiger partial charge is 0.323 e. The number of nitrogens with one attached hydrogen (secondary N) is 1. The van der Waals surface area contributed by atoms with E-state index in [4.69, 9.17) is 4.74 Å². The average molecular weight is 308 g/mol. The van der Waals surface area contributed by atoms with Crippen molar-refractivity contribution in [3.63, 3.8) is 0 Å². The fourth-order valence-corrected chi connectivity index (χ4v) is 2.55. The van der Waals surface area contributed by atoms with Gasteiger partial charge in [0.1, 0.15) is 17.4 Å². The molecule has 1 aromatic heterocycles. The Labute approximate surface area is 124 Å². The highest BCUT2D eigenvalue weighted by Gasteiger charge is 2.25. The highest BCUT2D eigenvalue weighted by atomic mass is 32.1. The minimum Gasteiger partial charge on any atom is -0.370 e. The van der Waals surface area contributed by atoms with Gasteiger partial charge in [-0.1, -0.05) is 23.5 Å². The summed E-state index contributed by atoms with van der Waals surface area (Å²) in [5.41, 5.74) is 2.40. The predicted octanol–water partition coefficient (Wildman–Crippen LogP) is 2.28. The number of urea groups is 1. The van der Waals surface area contributed by atoms with Gasteiger partial charge in [0.2, 0.25) is 5.13 Å². The van der Waals surface area contributed by atoms with Crippen LogP contribution in [-0.2, 0) is 4.74 Å². The maximum atomic E-state index is 12.9. The number of carbonyl (C=O) groups is 1. The molecule has 8 heteroatoms. The van der Waals surface area contributed by atoms with E-state index < -0.39 is 0 Å². The first-order valence-corrected chi connectivity index (χ1v) is 7.29. The number of morpholine rings is 1. The Hall–Kier alpha value is -2.06. The number of amides is 2. The number of carbonyl (C=O) groups excluding carboxylic acids is 1. The number of nitrogens with zero attached hydrogens (tertiary/aromatic N) is 3. The lowest BCUT2D eigenvalue weighted by Gasteiger charge is -2.32. The standard InChI is InChI=1S/C13H13FN4O2S/c14-10-3-1-9(2-4-10)11-7-18(5-6-20-11)13(19)16-12-17-15-8-21-12/h1-4,8,11H,5-7H2,(H,16,17,19)/t11-/m0/s1. The monoisotopic (exact) mass is 308 g/mol. The van der Waals surface area contributed by atoms with Gasteiger partial charge in [0.15, 0.2) is 0 Å². The number of hydrogen-bond acceptors (Lipinski definition) is 5. The summed E-state index contributed by atoms with van der Waals surface area (Å²) in [4.78, 5) is 13.8. The molecule has 1 aliphatic rings. The van der Waals surface area contributed by atoms with Crippen molar-refractivity contribution in [2.24, 2.45) is 0 Å². The molecule has 1 N–H and O–H groups in total. The minimum absolute atomic E-state index is 0.234. The van der Waals surface area contributed by atoms with E-state index in [2.05, 4.69) is 15.5 Å². The molecular weight excluding hydrogens is 295 g/mol. The largest absolute Gasteiger partial charge is 0.370 e. The first-order valence-electron chi connectivity index (χ1n) is 6.41. The number of benzene rings is 1. The summed E-state index contributed by atoms with van der Waals surface area (Å²) in [6, 6.07) is 5.89. The van der Waals surface area contributed by atoms with Crippen LogP contribution in [0.3, 0.4) is 0 Å². The van der Waals surface area contributed by atoms with E-state index in [0.717, 1.165) is 5.56 Å². The molecule has 0 spiro atoms. The second-order valence-corrected chi connectivity index (χ2v) is 5.36. The van der Waals surface area contributed by atoms with Crippen LogP contribution in [0.25, 0.3) is 0 Å². The highest BCUT2D eigenvalue weighted by Crippen LogP contribution is 2.23. The molecule has 1 aromatic carbocycles. The van der Waals surface area contributed by atoms with Crippen molar-refractivity contribution >= 4 is 22.5 Å². The lowest BCUT2D eigenvalue weighted by atomic mass is 10.1. The Balaban J connectivity index is 1.65. The molecule has 1 aliphatic heterocycles. The first-order chi connectivity index (χ1) is 10.2. The van der Waals surface area contributed by atoms with E-state index in [1.807, 2.05) is 0 Å². The van der Waals surface area contributed by atoms with Gasteiger partial charge in [0.05, 0.1) is 13.2 Å². The van der Waals surface area contributed by atoms with Gasteiger partial charge in [0, 0.05) is 6.54 Å². The van der Waals surface area contributed by atoms with E-state index >= 15 is 0 Å². The zero-order valence-electron chi connectivity index (χ0n) is 11.0. The minimum atomic E-state index is -0.291. The summed E-state index contributed by atoms with van der Waals surface area (Å²) >= 11 is 1.26. The van der Waals surface area contributed by atoms with E-state index in [1.165, 1.54) is 23.5 Å².